The minimum Gasteiger partial charge on any atom is -0.0620 e. The summed E-state index contributed by atoms with van der Waals surface area (Å²) >= 11 is 0. The van der Waals surface area contributed by atoms with E-state index in [-0.39, 0.29) is 0 Å². The van der Waals surface area contributed by atoms with Crippen molar-refractivity contribution in [3.05, 3.63) is 35.4 Å². The molecule has 1 spiro atoms. The van der Waals surface area contributed by atoms with Crippen LogP contribution >= 0.6 is 0 Å². The summed E-state index contributed by atoms with van der Waals surface area (Å²) in [5.74, 6) is 0.833. The van der Waals surface area contributed by atoms with Gasteiger partial charge in [0.1, 0.15) is 0 Å². The van der Waals surface area contributed by atoms with Crippen LogP contribution in [0.4, 0.5) is 0 Å². The first kappa shape index (κ1) is 9.45. The number of benzene rings is 1. The molecule has 0 heteroatoms. The molecule has 0 saturated heterocycles. The fourth-order valence-electron chi connectivity index (χ4n) is 3.60. The summed E-state index contributed by atoms with van der Waals surface area (Å²) in [7, 11) is 0. The Labute approximate surface area is 92.7 Å². The molecule has 80 valence electrons. The lowest BCUT2D eigenvalue weighted by molar-refractivity contribution is 0.189. The molecule has 0 N–H and O–H groups in total. The standard InChI is InChI=1S/C15H20/c1-11-14(2,3)13-7-5-4-6-12(13)10-15(11)8-9-15/h4-7,11H,8-10H2,1-3H3. The van der Waals surface area contributed by atoms with Gasteiger partial charge in [-0.25, -0.2) is 0 Å². The zero-order valence-corrected chi connectivity index (χ0v) is 10.0. The molecule has 1 atom stereocenters. The number of hydrogen-bond donors (Lipinski definition) is 0. The van der Waals surface area contributed by atoms with Crippen molar-refractivity contribution in [3.8, 4) is 0 Å². The van der Waals surface area contributed by atoms with Gasteiger partial charge < -0.3 is 0 Å². The Balaban J connectivity index is 2.16. The lowest BCUT2D eigenvalue weighted by Gasteiger charge is -2.44. The lowest BCUT2D eigenvalue weighted by Crippen LogP contribution is -2.39. The van der Waals surface area contributed by atoms with Crippen molar-refractivity contribution in [2.45, 2.75) is 45.4 Å². The van der Waals surface area contributed by atoms with Crippen molar-refractivity contribution in [3.63, 3.8) is 0 Å². The second kappa shape index (κ2) is 2.66. The predicted molar refractivity (Wildman–Crippen MR) is 64.0 cm³/mol. The van der Waals surface area contributed by atoms with E-state index in [4.69, 9.17) is 0 Å². The van der Waals surface area contributed by atoms with Gasteiger partial charge >= 0.3 is 0 Å². The predicted octanol–water partition coefficient (Wildman–Crippen LogP) is 3.94. The van der Waals surface area contributed by atoms with Crippen LogP contribution in [-0.2, 0) is 11.8 Å². The summed E-state index contributed by atoms with van der Waals surface area (Å²) in [5, 5.41) is 0. The summed E-state index contributed by atoms with van der Waals surface area (Å²) in [6.45, 7) is 7.31. The molecule has 2 aliphatic rings. The highest BCUT2D eigenvalue weighted by molar-refractivity contribution is 5.39. The van der Waals surface area contributed by atoms with E-state index >= 15 is 0 Å². The maximum atomic E-state index is 2.46. The van der Waals surface area contributed by atoms with Crippen LogP contribution in [0.25, 0.3) is 0 Å². The minimum atomic E-state index is 0.366. The molecule has 15 heavy (non-hydrogen) atoms. The van der Waals surface area contributed by atoms with Crippen molar-refractivity contribution >= 4 is 0 Å². The SMILES string of the molecule is CC1C2(CC2)Cc2ccccc2C1(C)C. The quantitative estimate of drug-likeness (QED) is 0.595. The first-order valence-electron chi connectivity index (χ1n) is 6.15. The maximum absolute atomic E-state index is 2.46. The second-order valence-corrected chi connectivity index (χ2v) is 6.14. The van der Waals surface area contributed by atoms with Crippen LogP contribution in [0.2, 0.25) is 0 Å². The van der Waals surface area contributed by atoms with Gasteiger partial charge in [0.15, 0.2) is 0 Å². The third-order valence-electron chi connectivity index (χ3n) is 5.15. The van der Waals surface area contributed by atoms with Crippen molar-refractivity contribution in [1.29, 1.82) is 0 Å². The Bertz CT molecular complexity index is 396. The first-order valence-corrected chi connectivity index (χ1v) is 6.15. The topological polar surface area (TPSA) is 0 Å². The fraction of sp³-hybridized carbons (Fsp3) is 0.600. The van der Waals surface area contributed by atoms with Gasteiger partial charge in [0, 0.05) is 0 Å². The fourth-order valence-corrected chi connectivity index (χ4v) is 3.60. The van der Waals surface area contributed by atoms with E-state index in [9.17, 15) is 0 Å². The molecular weight excluding hydrogens is 180 g/mol. The van der Waals surface area contributed by atoms with Crippen LogP contribution in [0.3, 0.4) is 0 Å². The van der Waals surface area contributed by atoms with E-state index in [1.54, 1.807) is 11.1 Å². The Hall–Kier alpha value is -0.780. The van der Waals surface area contributed by atoms with Crippen molar-refractivity contribution in [2.24, 2.45) is 11.3 Å². The van der Waals surface area contributed by atoms with Gasteiger partial charge in [0.05, 0.1) is 0 Å². The monoisotopic (exact) mass is 200 g/mol. The van der Waals surface area contributed by atoms with Gasteiger partial charge in [-0.15, -0.1) is 0 Å². The smallest absolute Gasteiger partial charge is 0.00698 e. The third kappa shape index (κ3) is 1.14. The highest BCUT2D eigenvalue weighted by Crippen LogP contribution is 2.62. The molecule has 1 saturated carbocycles. The summed E-state index contributed by atoms with van der Waals surface area (Å²) in [6.07, 6.45) is 4.23. The summed E-state index contributed by atoms with van der Waals surface area (Å²) in [5.41, 5.74) is 4.23. The highest BCUT2D eigenvalue weighted by Gasteiger charge is 2.55. The molecule has 1 unspecified atom stereocenters. The summed E-state index contributed by atoms with van der Waals surface area (Å²) in [6, 6.07) is 9.06. The Kier molecular flexibility index (Phi) is 1.68. The molecule has 0 radical (unpaired) electrons. The lowest BCUT2D eigenvalue weighted by atomic mass is 9.60. The van der Waals surface area contributed by atoms with E-state index in [2.05, 4.69) is 45.0 Å². The highest BCUT2D eigenvalue weighted by atomic mass is 14.6. The van der Waals surface area contributed by atoms with Gasteiger partial charge in [0.2, 0.25) is 0 Å². The average Bonchev–Trinajstić information content (AvgIpc) is 2.97. The van der Waals surface area contributed by atoms with Crippen LogP contribution in [0.15, 0.2) is 24.3 Å². The summed E-state index contributed by atoms with van der Waals surface area (Å²) < 4.78 is 0. The van der Waals surface area contributed by atoms with Crippen LogP contribution < -0.4 is 0 Å². The third-order valence-corrected chi connectivity index (χ3v) is 5.15. The Morgan fingerprint density at radius 1 is 1.13 bits per heavy atom. The molecule has 0 heterocycles. The molecule has 2 aliphatic carbocycles. The van der Waals surface area contributed by atoms with Crippen molar-refractivity contribution < 1.29 is 0 Å². The Morgan fingerprint density at radius 3 is 2.47 bits per heavy atom. The van der Waals surface area contributed by atoms with E-state index in [1.165, 1.54) is 19.3 Å². The normalized spacial score (nSPS) is 29.9. The van der Waals surface area contributed by atoms with Crippen LogP contribution in [0.5, 0.6) is 0 Å². The molecule has 0 amide bonds. The molecule has 1 aromatic carbocycles. The van der Waals surface area contributed by atoms with Gasteiger partial charge in [-0.05, 0) is 47.1 Å². The largest absolute Gasteiger partial charge is 0.0620 e. The van der Waals surface area contributed by atoms with Crippen LogP contribution in [0, 0.1) is 11.3 Å². The first-order chi connectivity index (χ1) is 7.06. The number of rotatable bonds is 0. The minimum absolute atomic E-state index is 0.366. The molecule has 3 rings (SSSR count). The average molecular weight is 200 g/mol. The summed E-state index contributed by atoms with van der Waals surface area (Å²) in [4.78, 5) is 0. The number of hydrogen-bond acceptors (Lipinski definition) is 0. The zero-order chi connectivity index (χ0) is 10.7. The van der Waals surface area contributed by atoms with Crippen molar-refractivity contribution in [2.75, 3.05) is 0 Å². The number of fused-ring (bicyclic) bond motifs is 1. The van der Waals surface area contributed by atoms with E-state index in [0.29, 0.717) is 10.8 Å². The molecule has 0 aromatic heterocycles. The van der Waals surface area contributed by atoms with Crippen LogP contribution in [-0.4, -0.2) is 0 Å². The van der Waals surface area contributed by atoms with Gasteiger partial charge in [0.25, 0.3) is 0 Å². The molecule has 1 aromatic rings. The molecular formula is C15H20. The van der Waals surface area contributed by atoms with Gasteiger partial charge in [-0.2, -0.15) is 0 Å². The second-order valence-electron chi connectivity index (χ2n) is 6.14. The zero-order valence-electron chi connectivity index (χ0n) is 10.0. The van der Waals surface area contributed by atoms with E-state index < -0.39 is 0 Å². The Morgan fingerprint density at radius 2 is 1.80 bits per heavy atom. The molecule has 0 aliphatic heterocycles. The van der Waals surface area contributed by atoms with Crippen molar-refractivity contribution in [1.82, 2.24) is 0 Å². The van der Waals surface area contributed by atoms with E-state index in [1.807, 2.05) is 0 Å². The molecule has 1 fully saturated rings. The molecule has 0 bridgehead atoms. The maximum Gasteiger partial charge on any atom is -0.00698 e. The van der Waals surface area contributed by atoms with E-state index in [0.717, 1.165) is 5.92 Å². The van der Waals surface area contributed by atoms with Crippen LogP contribution in [0.1, 0.15) is 44.7 Å². The molecule has 0 nitrogen and oxygen atoms in total. The van der Waals surface area contributed by atoms with Gasteiger partial charge in [-0.3, -0.25) is 0 Å². The van der Waals surface area contributed by atoms with Gasteiger partial charge in [-0.1, -0.05) is 45.0 Å².